The van der Waals surface area contributed by atoms with E-state index in [0.29, 0.717) is 0 Å². The van der Waals surface area contributed by atoms with Gasteiger partial charge < -0.3 is 5.11 Å². The first kappa shape index (κ1) is 16.9. The Bertz CT molecular complexity index is 261. The van der Waals surface area contributed by atoms with Gasteiger partial charge in [0.05, 0.1) is 6.10 Å². The summed E-state index contributed by atoms with van der Waals surface area (Å²) in [6.07, 6.45) is 21.9. The largest absolute Gasteiger partial charge is 0.389 e. The van der Waals surface area contributed by atoms with Gasteiger partial charge >= 0.3 is 0 Å². The van der Waals surface area contributed by atoms with E-state index in [1.54, 1.807) is 0 Å². The van der Waals surface area contributed by atoms with E-state index in [2.05, 4.69) is 24.8 Å². The van der Waals surface area contributed by atoms with Gasteiger partial charge in [-0.1, -0.05) is 55.9 Å². The number of hydrogen-bond donors (Lipinski definition) is 1. The summed E-state index contributed by atoms with van der Waals surface area (Å²) in [4.78, 5) is 0. The molecular formula is C17H28O. The van der Waals surface area contributed by atoms with Gasteiger partial charge in [-0.2, -0.15) is 0 Å². The van der Waals surface area contributed by atoms with Crippen molar-refractivity contribution < 1.29 is 5.11 Å². The van der Waals surface area contributed by atoms with Crippen molar-refractivity contribution in [3.05, 3.63) is 49.1 Å². The summed E-state index contributed by atoms with van der Waals surface area (Å²) in [7, 11) is 0. The molecule has 1 nitrogen and oxygen atoms in total. The third-order valence-electron chi connectivity index (χ3n) is 2.72. The summed E-state index contributed by atoms with van der Waals surface area (Å²) in [5, 5.41) is 9.28. The van der Waals surface area contributed by atoms with Crippen LogP contribution in [0.15, 0.2) is 49.1 Å². The summed E-state index contributed by atoms with van der Waals surface area (Å²) < 4.78 is 0. The summed E-state index contributed by atoms with van der Waals surface area (Å²) in [6, 6.07) is 0. The molecular weight excluding hydrogens is 220 g/mol. The van der Waals surface area contributed by atoms with E-state index in [0.717, 1.165) is 19.3 Å². The maximum Gasteiger partial charge on any atom is 0.0721 e. The van der Waals surface area contributed by atoms with Gasteiger partial charge in [0.1, 0.15) is 0 Å². The van der Waals surface area contributed by atoms with Gasteiger partial charge in [-0.05, 0) is 38.5 Å². The van der Waals surface area contributed by atoms with Gasteiger partial charge in [-0.15, -0.1) is 6.58 Å². The fourth-order valence-corrected chi connectivity index (χ4v) is 1.51. The van der Waals surface area contributed by atoms with Crippen molar-refractivity contribution >= 4 is 0 Å². The van der Waals surface area contributed by atoms with E-state index >= 15 is 0 Å². The summed E-state index contributed by atoms with van der Waals surface area (Å²) in [5.41, 5.74) is 0. The van der Waals surface area contributed by atoms with Crippen molar-refractivity contribution in [1.29, 1.82) is 0 Å². The van der Waals surface area contributed by atoms with E-state index in [1.807, 2.05) is 31.2 Å². The summed E-state index contributed by atoms with van der Waals surface area (Å²) >= 11 is 0. The zero-order valence-corrected chi connectivity index (χ0v) is 11.7. The normalized spacial score (nSPS) is 13.9. The van der Waals surface area contributed by atoms with Crippen molar-refractivity contribution in [3.8, 4) is 0 Å². The number of hydrogen-bond acceptors (Lipinski definition) is 1. The molecule has 0 aromatic heterocycles. The Morgan fingerprint density at radius 3 is 2.50 bits per heavy atom. The van der Waals surface area contributed by atoms with Crippen LogP contribution >= 0.6 is 0 Å². The Morgan fingerprint density at radius 1 is 1.00 bits per heavy atom. The first-order valence-electron chi connectivity index (χ1n) is 7.08. The van der Waals surface area contributed by atoms with Crippen LogP contribution in [0, 0.1) is 0 Å². The molecule has 18 heavy (non-hydrogen) atoms. The van der Waals surface area contributed by atoms with E-state index in [1.165, 1.54) is 25.7 Å². The first-order chi connectivity index (χ1) is 8.81. The van der Waals surface area contributed by atoms with Crippen LogP contribution in [0.25, 0.3) is 0 Å². The zero-order valence-electron chi connectivity index (χ0n) is 11.7. The Balaban J connectivity index is 3.39. The predicted octanol–water partition coefficient (Wildman–Crippen LogP) is 4.95. The summed E-state index contributed by atoms with van der Waals surface area (Å²) in [5.74, 6) is 0. The van der Waals surface area contributed by atoms with E-state index in [-0.39, 0.29) is 6.10 Å². The maximum absolute atomic E-state index is 9.28. The minimum absolute atomic E-state index is 0.305. The predicted molar refractivity (Wildman–Crippen MR) is 81.6 cm³/mol. The molecule has 1 unspecified atom stereocenters. The molecule has 0 radical (unpaired) electrons. The molecule has 0 saturated heterocycles. The molecule has 0 bridgehead atoms. The Kier molecular flexibility index (Phi) is 13.1. The highest BCUT2D eigenvalue weighted by Crippen LogP contribution is 2.04. The van der Waals surface area contributed by atoms with Crippen molar-refractivity contribution in [3.63, 3.8) is 0 Å². The Labute approximate surface area is 113 Å². The van der Waals surface area contributed by atoms with Crippen molar-refractivity contribution in [2.45, 2.75) is 58.0 Å². The molecule has 0 aromatic rings. The lowest BCUT2D eigenvalue weighted by molar-refractivity contribution is 0.219. The number of rotatable bonds is 11. The molecule has 0 aliphatic carbocycles. The van der Waals surface area contributed by atoms with E-state index < -0.39 is 0 Å². The van der Waals surface area contributed by atoms with Crippen LogP contribution in [0.2, 0.25) is 0 Å². The molecule has 1 atom stereocenters. The lowest BCUT2D eigenvalue weighted by Crippen LogP contribution is -1.97. The topological polar surface area (TPSA) is 20.2 Å². The molecule has 0 fully saturated rings. The average Bonchev–Trinajstić information content (AvgIpc) is 2.39. The lowest BCUT2D eigenvalue weighted by atomic mass is 10.1. The quantitative estimate of drug-likeness (QED) is 0.311. The molecule has 0 saturated carbocycles. The SMILES string of the molecule is C=CCCCCCC=CCC=CC=CC(O)CC. The zero-order chi connectivity index (χ0) is 13.5. The monoisotopic (exact) mass is 248 g/mol. The Hall–Kier alpha value is -1.08. The van der Waals surface area contributed by atoms with Gasteiger partial charge in [0.2, 0.25) is 0 Å². The maximum atomic E-state index is 9.28. The highest BCUT2D eigenvalue weighted by molar-refractivity contribution is 5.06. The molecule has 0 aliphatic heterocycles. The molecule has 0 heterocycles. The van der Waals surface area contributed by atoms with Gasteiger partial charge in [0.25, 0.3) is 0 Å². The van der Waals surface area contributed by atoms with Crippen LogP contribution < -0.4 is 0 Å². The Morgan fingerprint density at radius 2 is 1.78 bits per heavy atom. The van der Waals surface area contributed by atoms with Crippen molar-refractivity contribution in [1.82, 2.24) is 0 Å². The minimum Gasteiger partial charge on any atom is -0.389 e. The second-order valence-electron chi connectivity index (χ2n) is 4.42. The second-order valence-corrected chi connectivity index (χ2v) is 4.42. The third-order valence-corrected chi connectivity index (χ3v) is 2.72. The van der Waals surface area contributed by atoms with E-state index in [9.17, 15) is 5.11 Å². The van der Waals surface area contributed by atoms with E-state index in [4.69, 9.17) is 0 Å². The smallest absolute Gasteiger partial charge is 0.0721 e. The molecule has 0 amide bonds. The standard InChI is InChI=1S/C17H28O/c1-3-5-6-7-8-9-10-11-12-13-14-15-16-17(18)4-2/h3,10-11,13-18H,1,4-9,12H2,2H3. The van der Waals surface area contributed by atoms with Gasteiger partial charge in [-0.25, -0.2) is 0 Å². The molecule has 1 heteroatoms. The van der Waals surface area contributed by atoms with Crippen LogP contribution in [-0.2, 0) is 0 Å². The number of aliphatic hydroxyl groups excluding tert-OH is 1. The average molecular weight is 248 g/mol. The third kappa shape index (κ3) is 13.0. The van der Waals surface area contributed by atoms with Crippen molar-refractivity contribution in [2.24, 2.45) is 0 Å². The second kappa shape index (κ2) is 14.0. The lowest BCUT2D eigenvalue weighted by Gasteiger charge is -1.96. The van der Waals surface area contributed by atoms with Gasteiger partial charge in [-0.3, -0.25) is 0 Å². The highest BCUT2D eigenvalue weighted by Gasteiger charge is 1.89. The minimum atomic E-state index is -0.305. The van der Waals surface area contributed by atoms with Crippen molar-refractivity contribution in [2.75, 3.05) is 0 Å². The van der Waals surface area contributed by atoms with Crippen LogP contribution in [0.1, 0.15) is 51.9 Å². The molecule has 0 aliphatic rings. The summed E-state index contributed by atoms with van der Waals surface area (Å²) in [6.45, 7) is 5.69. The number of aliphatic hydroxyl groups is 1. The first-order valence-corrected chi connectivity index (χ1v) is 7.08. The highest BCUT2D eigenvalue weighted by atomic mass is 16.3. The molecule has 1 N–H and O–H groups in total. The molecule has 0 rings (SSSR count). The van der Waals surface area contributed by atoms with Gasteiger partial charge in [0, 0.05) is 0 Å². The van der Waals surface area contributed by atoms with Crippen LogP contribution in [0.3, 0.4) is 0 Å². The molecule has 0 aromatic carbocycles. The molecule has 102 valence electrons. The van der Waals surface area contributed by atoms with Gasteiger partial charge in [0.15, 0.2) is 0 Å². The number of unbranched alkanes of at least 4 members (excludes halogenated alkanes) is 4. The van der Waals surface area contributed by atoms with Crippen LogP contribution in [0.5, 0.6) is 0 Å². The van der Waals surface area contributed by atoms with Crippen LogP contribution in [0.4, 0.5) is 0 Å². The fourth-order valence-electron chi connectivity index (χ4n) is 1.51. The van der Waals surface area contributed by atoms with Crippen LogP contribution in [-0.4, -0.2) is 11.2 Å². The molecule has 0 spiro atoms. The number of allylic oxidation sites excluding steroid dienone is 6. The fraction of sp³-hybridized carbons (Fsp3) is 0.529.